The topological polar surface area (TPSA) is 113 Å². The summed E-state index contributed by atoms with van der Waals surface area (Å²) in [7, 11) is 0. The average Bonchev–Trinajstić information content (AvgIpc) is 3.58. The molecular formula is C27H23N9. The summed E-state index contributed by atoms with van der Waals surface area (Å²) in [6.45, 7) is 0.422. The van der Waals surface area contributed by atoms with Crippen LogP contribution in [0, 0.1) is 0 Å². The normalized spacial score (nSPS) is 14.8. The van der Waals surface area contributed by atoms with E-state index in [-0.39, 0.29) is 5.54 Å². The van der Waals surface area contributed by atoms with Crippen LogP contribution in [0.2, 0.25) is 0 Å². The van der Waals surface area contributed by atoms with Gasteiger partial charge in [0.15, 0.2) is 11.5 Å². The van der Waals surface area contributed by atoms with Crippen LogP contribution in [-0.4, -0.2) is 39.8 Å². The lowest BCUT2D eigenvalue weighted by atomic mass is 9.72. The molecule has 6 aromatic rings. The first-order chi connectivity index (χ1) is 17.7. The van der Waals surface area contributed by atoms with Crippen LogP contribution in [0.1, 0.15) is 30.7 Å². The summed E-state index contributed by atoms with van der Waals surface area (Å²) in [6, 6.07) is 23.1. The number of benzene rings is 2. The second kappa shape index (κ2) is 8.03. The fourth-order valence-corrected chi connectivity index (χ4v) is 5.01. The molecule has 0 atom stereocenters. The zero-order valence-corrected chi connectivity index (χ0v) is 19.5. The molecule has 9 nitrogen and oxygen atoms in total. The van der Waals surface area contributed by atoms with Crippen molar-refractivity contribution < 1.29 is 0 Å². The van der Waals surface area contributed by atoms with Crippen molar-refractivity contribution in [1.82, 2.24) is 39.8 Å². The van der Waals surface area contributed by atoms with Crippen LogP contribution in [0.25, 0.3) is 38.9 Å². The van der Waals surface area contributed by atoms with E-state index in [4.69, 9.17) is 10.7 Å². The molecule has 0 aliphatic heterocycles. The van der Waals surface area contributed by atoms with Gasteiger partial charge >= 0.3 is 0 Å². The molecule has 1 aliphatic rings. The monoisotopic (exact) mass is 473 g/mol. The minimum absolute atomic E-state index is 0.184. The largest absolute Gasteiger partial charge is 0.321 e. The van der Waals surface area contributed by atoms with Gasteiger partial charge in [0.05, 0.1) is 11.2 Å². The SMILES string of the molecule is NC1(c2ccc(-c3nc4ccn5c(Cn6cnnn6)nnc5c4cc3-c3ccccc3)cc2)CCC1. The van der Waals surface area contributed by atoms with E-state index < -0.39 is 0 Å². The van der Waals surface area contributed by atoms with Crippen LogP contribution in [0.3, 0.4) is 0 Å². The number of fused-ring (bicyclic) bond motifs is 3. The smallest absolute Gasteiger partial charge is 0.170 e. The first kappa shape index (κ1) is 20.8. The van der Waals surface area contributed by atoms with Crippen molar-refractivity contribution in [2.45, 2.75) is 31.3 Å². The molecule has 2 aromatic carbocycles. The molecule has 2 N–H and O–H groups in total. The Bertz CT molecular complexity index is 1680. The van der Waals surface area contributed by atoms with Gasteiger partial charge in [-0.1, -0.05) is 54.6 Å². The summed E-state index contributed by atoms with van der Waals surface area (Å²) >= 11 is 0. The van der Waals surface area contributed by atoms with Gasteiger partial charge in [-0.2, -0.15) is 0 Å². The summed E-state index contributed by atoms with van der Waals surface area (Å²) in [5, 5.41) is 21.2. The molecule has 1 fully saturated rings. The Balaban J connectivity index is 1.39. The second-order valence-electron chi connectivity index (χ2n) is 9.40. The van der Waals surface area contributed by atoms with Gasteiger partial charge in [0.25, 0.3) is 0 Å². The van der Waals surface area contributed by atoms with Crippen molar-refractivity contribution in [3.05, 3.63) is 90.6 Å². The minimum atomic E-state index is -0.184. The fraction of sp³-hybridized carbons (Fsp3) is 0.185. The number of hydrogen-bond acceptors (Lipinski definition) is 7. The lowest BCUT2D eigenvalue weighted by Crippen LogP contribution is -2.43. The maximum Gasteiger partial charge on any atom is 0.170 e. The molecule has 176 valence electrons. The summed E-state index contributed by atoms with van der Waals surface area (Å²) in [6.07, 6.45) is 6.79. The number of hydrogen-bond donors (Lipinski definition) is 1. The van der Waals surface area contributed by atoms with Gasteiger partial charge in [0.1, 0.15) is 12.9 Å². The van der Waals surface area contributed by atoms with E-state index in [1.54, 1.807) is 11.0 Å². The van der Waals surface area contributed by atoms with Crippen LogP contribution in [0.4, 0.5) is 0 Å². The van der Waals surface area contributed by atoms with Gasteiger partial charge in [-0.3, -0.25) is 4.40 Å². The molecule has 0 unspecified atom stereocenters. The number of nitrogens with two attached hydrogens (primary N) is 1. The average molecular weight is 474 g/mol. The van der Waals surface area contributed by atoms with E-state index in [9.17, 15) is 0 Å². The summed E-state index contributed by atoms with van der Waals surface area (Å²) < 4.78 is 3.59. The minimum Gasteiger partial charge on any atom is -0.321 e. The van der Waals surface area contributed by atoms with Crippen molar-refractivity contribution in [2.24, 2.45) is 5.73 Å². The van der Waals surface area contributed by atoms with Gasteiger partial charge < -0.3 is 5.73 Å². The van der Waals surface area contributed by atoms with Gasteiger partial charge in [-0.15, -0.1) is 15.3 Å². The van der Waals surface area contributed by atoms with Crippen molar-refractivity contribution >= 4 is 16.6 Å². The number of pyridine rings is 2. The summed E-state index contributed by atoms with van der Waals surface area (Å²) in [5.41, 5.74) is 13.3. The molecule has 36 heavy (non-hydrogen) atoms. The lowest BCUT2D eigenvalue weighted by molar-refractivity contribution is 0.253. The van der Waals surface area contributed by atoms with Crippen LogP contribution >= 0.6 is 0 Å². The zero-order valence-electron chi connectivity index (χ0n) is 19.5. The highest BCUT2D eigenvalue weighted by Gasteiger charge is 2.34. The van der Waals surface area contributed by atoms with Gasteiger partial charge in [0.2, 0.25) is 0 Å². The number of aromatic nitrogens is 8. The van der Waals surface area contributed by atoms with Gasteiger partial charge in [-0.05, 0) is 52.9 Å². The lowest BCUT2D eigenvalue weighted by Gasteiger charge is -2.38. The van der Waals surface area contributed by atoms with E-state index in [1.807, 2.05) is 34.9 Å². The fourth-order valence-electron chi connectivity index (χ4n) is 5.01. The van der Waals surface area contributed by atoms with E-state index in [0.29, 0.717) is 6.54 Å². The molecule has 0 bridgehead atoms. The zero-order chi connectivity index (χ0) is 24.1. The van der Waals surface area contributed by atoms with Crippen molar-refractivity contribution in [2.75, 3.05) is 0 Å². The molecule has 0 saturated heterocycles. The van der Waals surface area contributed by atoms with Crippen LogP contribution in [-0.2, 0) is 12.1 Å². The number of nitrogens with zero attached hydrogens (tertiary/aromatic N) is 8. The highest BCUT2D eigenvalue weighted by Crippen LogP contribution is 2.40. The Kier molecular flexibility index (Phi) is 4.65. The predicted molar refractivity (Wildman–Crippen MR) is 136 cm³/mol. The van der Waals surface area contributed by atoms with Crippen molar-refractivity contribution in [3.63, 3.8) is 0 Å². The second-order valence-corrected chi connectivity index (χ2v) is 9.40. The summed E-state index contributed by atoms with van der Waals surface area (Å²) in [4.78, 5) is 5.13. The molecule has 1 saturated carbocycles. The molecule has 7 rings (SSSR count). The maximum absolute atomic E-state index is 6.56. The van der Waals surface area contributed by atoms with E-state index in [0.717, 1.165) is 57.6 Å². The summed E-state index contributed by atoms with van der Waals surface area (Å²) in [5.74, 6) is 0.742. The molecule has 0 amide bonds. The molecule has 9 heteroatoms. The van der Waals surface area contributed by atoms with Gasteiger partial charge in [0, 0.05) is 28.2 Å². The highest BCUT2D eigenvalue weighted by atomic mass is 15.5. The van der Waals surface area contributed by atoms with Crippen molar-refractivity contribution in [3.8, 4) is 22.4 Å². The first-order valence-electron chi connectivity index (χ1n) is 12.0. The molecular weight excluding hydrogens is 450 g/mol. The Morgan fingerprint density at radius 1 is 0.917 bits per heavy atom. The Morgan fingerprint density at radius 2 is 1.75 bits per heavy atom. The number of rotatable bonds is 5. The van der Waals surface area contributed by atoms with E-state index in [2.05, 4.69) is 68.2 Å². The standard InChI is InChI=1S/C27H23N9/c28-27(12-4-13-27)20-9-7-19(8-10-20)25-21(18-5-2-1-3-6-18)15-22-23(30-25)11-14-36-24(31-32-26(22)36)16-35-17-29-33-34-35/h1-3,5-11,14-15,17H,4,12-13,16,28H2. The molecule has 4 heterocycles. The van der Waals surface area contributed by atoms with Crippen molar-refractivity contribution in [1.29, 1.82) is 0 Å². The third-order valence-electron chi connectivity index (χ3n) is 7.20. The van der Waals surface area contributed by atoms with Gasteiger partial charge in [-0.25, -0.2) is 9.67 Å². The maximum atomic E-state index is 6.56. The van der Waals surface area contributed by atoms with Crippen LogP contribution in [0.15, 0.2) is 79.3 Å². The molecule has 1 aliphatic carbocycles. The number of tetrazole rings is 1. The molecule has 4 aromatic heterocycles. The predicted octanol–water partition coefficient (Wildman–Crippen LogP) is 3.98. The van der Waals surface area contributed by atoms with E-state index in [1.165, 1.54) is 12.0 Å². The third-order valence-corrected chi connectivity index (χ3v) is 7.20. The van der Waals surface area contributed by atoms with Crippen LogP contribution in [0.5, 0.6) is 0 Å². The highest BCUT2D eigenvalue weighted by molar-refractivity contribution is 5.98. The third kappa shape index (κ3) is 3.36. The molecule has 0 radical (unpaired) electrons. The Labute approximate surface area is 206 Å². The Morgan fingerprint density at radius 3 is 2.47 bits per heavy atom. The van der Waals surface area contributed by atoms with E-state index >= 15 is 0 Å². The molecule has 0 spiro atoms. The quantitative estimate of drug-likeness (QED) is 0.403. The Hall–Kier alpha value is -4.50. The first-order valence-corrected chi connectivity index (χ1v) is 12.0. The van der Waals surface area contributed by atoms with Crippen LogP contribution < -0.4 is 5.73 Å².